The van der Waals surface area contributed by atoms with Gasteiger partial charge < -0.3 is 14.6 Å². The highest BCUT2D eigenvalue weighted by Gasteiger charge is 2.16. The zero-order chi connectivity index (χ0) is 15.4. The number of hydrogen-bond donors (Lipinski definition) is 1. The van der Waals surface area contributed by atoms with Gasteiger partial charge >= 0.3 is 0 Å². The van der Waals surface area contributed by atoms with Gasteiger partial charge in [0.15, 0.2) is 0 Å². The third kappa shape index (κ3) is 3.51. The van der Waals surface area contributed by atoms with Crippen molar-refractivity contribution in [2.75, 3.05) is 11.9 Å². The Kier molecular flexibility index (Phi) is 4.48. The quantitative estimate of drug-likeness (QED) is 0.924. The van der Waals surface area contributed by atoms with Crippen molar-refractivity contribution < 1.29 is 13.9 Å². The molecule has 1 N–H and O–H groups in total. The second-order valence-electron chi connectivity index (χ2n) is 5.40. The van der Waals surface area contributed by atoms with Gasteiger partial charge in [0.2, 0.25) is 5.91 Å². The zero-order valence-corrected chi connectivity index (χ0v) is 12.2. The molecule has 0 bridgehead atoms. The molecule has 2 aromatic rings. The fourth-order valence-corrected chi connectivity index (χ4v) is 2.64. The normalized spacial score (nSPS) is 15.1. The summed E-state index contributed by atoms with van der Waals surface area (Å²) in [6.07, 6.45) is 9.29. The van der Waals surface area contributed by atoms with E-state index in [2.05, 4.69) is 10.3 Å². The number of nitrogens with one attached hydrogen (secondary N) is 1. The van der Waals surface area contributed by atoms with Gasteiger partial charge in [-0.05, 0) is 31.0 Å². The number of anilines is 1. The number of amides is 1. The molecule has 1 aliphatic rings. The molecular formula is C16H18FN3O2. The summed E-state index contributed by atoms with van der Waals surface area (Å²) in [5.74, 6) is -0.686. The van der Waals surface area contributed by atoms with E-state index in [0.29, 0.717) is 11.4 Å². The Morgan fingerprint density at radius 1 is 1.41 bits per heavy atom. The lowest BCUT2D eigenvalue weighted by atomic mass is 10.2. The second-order valence-corrected chi connectivity index (χ2v) is 5.40. The molecule has 0 aliphatic heterocycles. The van der Waals surface area contributed by atoms with Gasteiger partial charge in [0.05, 0.1) is 18.1 Å². The highest BCUT2D eigenvalue weighted by molar-refractivity contribution is 5.91. The first-order valence-corrected chi connectivity index (χ1v) is 7.42. The van der Waals surface area contributed by atoms with Crippen LogP contribution in [0.4, 0.5) is 10.1 Å². The van der Waals surface area contributed by atoms with Gasteiger partial charge in [0.1, 0.15) is 12.4 Å². The van der Waals surface area contributed by atoms with E-state index in [-0.39, 0.29) is 18.6 Å². The molecule has 1 amide bonds. The van der Waals surface area contributed by atoms with E-state index in [0.717, 1.165) is 25.7 Å². The SMILES string of the molecule is O=C(COC1CCCC1)Nc1ccc(-n2ccnc2)c(F)c1. The lowest BCUT2D eigenvalue weighted by Crippen LogP contribution is -2.22. The number of carbonyl (C=O) groups is 1. The molecule has 0 atom stereocenters. The van der Waals surface area contributed by atoms with E-state index < -0.39 is 5.82 Å². The van der Waals surface area contributed by atoms with Crippen molar-refractivity contribution in [1.29, 1.82) is 0 Å². The van der Waals surface area contributed by atoms with Crippen molar-refractivity contribution in [2.45, 2.75) is 31.8 Å². The monoisotopic (exact) mass is 303 g/mol. The molecule has 0 radical (unpaired) electrons. The van der Waals surface area contributed by atoms with E-state index in [4.69, 9.17) is 4.74 Å². The van der Waals surface area contributed by atoms with Crippen molar-refractivity contribution >= 4 is 11.6 Å². The van der Waals surface area contributed by atoms with E-state index in [9.17, 15) is 9.18 Å². The predicted octanol–water partition coefficient (Wildman–Crippen LogP) is 2.91. The van der Waals surface area contributed by atoms with Gasteiger partial charge in [0.25, 0.3) is 0 Å². The summed E-state index contributed by atoms with van der Waals surface area (Å²) in [6, 6.07) is 4.55. The molecule has 1 aromatic carbocycles. The summed E-state index contributed by atoms with van der Waals surface area (Å²) < 4.78 is 21.2. The maximum absolute atomic E-state index is 14.1. The molecule has 0 unspecified atom stereocenters. The van der Waals surface area contributed by atoms with Gasteiger partial charge in [-0.2, -0.15) is 0 Å². The first kappa shape index (κ1) is 14.7. The van der Waals surface area contributed by atoms with Gasteiger partial charge in [-0.1, -0.05) is 12.8 Å². The summed E-state index contributed by atoms with van der Waals surface area (Å²) in [4.78, 5) is 15.7. The minimum atomic E-state index is -0.424. The maximum atomic E-state index is 14.1. The van der Waals surface area contributed by atoms with E-state index in [1.54, 1.807) is 29.1 Å². The molecule has 0 spiro atoms. The maximum Gasteiger partial charge on any atom is 0.250 e. The predicted molar refractivity (Wildman–Crippen MR) is 80.4 cm³/mol. The molecule has 5 nitrogen and oxygen atoms in total. The number of benzene rings is 1. The highest BCUT2D eigenvalue weighted by atomic mass is 19.1. The number of halogens is 1. The molecule has 1 aliphatic carbocycles. The van der Waals surface area contributed by atoms with Gasteiger partial charge in [-0.3, -0.25) is 4.79 Å². The molecule has 1 saturated carbocycles. The van der Waals surface area contributed by atoms with Crippen molar-refractivity contribution in [2.24, 2.45) is 0 Å². The topological polar surface area (TPSA) is 56.1 Å². The number of hydrogen-bond acceptors (Lipinski definition) is 3. The number of aromatic nitrogens is 2. The van der Waals surface area contributed by atoms with Crippen molar-refractivity contribution in [3.8, 4) is 5.69 Å². The van der Waals surface area contributed by atoms with Crippen molar-refractivity contribution in [1.82, 2.24) is 9.55 Å². The zero-order valence-electron chi connectivity index (χ0n) is 12.2. The smallest absolute Gasteiger partial charge is 0.250 e. The third-order valence-corrected chi connectivity index (χ3v) is 3.77. The van der Waals surface area contributed by atoms with Crippen LogP contribution in [0.2, 0.25) is 0 Å². The lowest BCUT2D eigenvalue weighted by molar-refractivity contribution is -0.122. The number of nitrogens with zero attached hydrogens (tertiary/aromatic N) is 2. The minimum absolute atomic E-state index is 0.00948. The van der Waals surface area contributed by atoms with Crippen LogP contribution in [0, 0.1) is 5.82 Å². The van der Waals surface area contributed by atoms with Gasteiger partial charge in [-0.15, -0.1) is 0 Å². The molecule has 0 saturated heterocycles. The molecule has 1 aromatic heterocycles. The largest absolute Gasteiger partial charge is 0.368 e. The molecule has 3 rings (SSSR count). The fraction of sp³-hybridized carbons (Fsp3) is 0.375. The van der Waals surface area contributed by atoms with Crippen LogP contribution in [-0.2, 0) is 9.53 Å². The number of imidazole rings is 1. The van der Waals surface area contributed by atoms with Crippen LogP contribution in [0.1, 0.15) is 25.7 Å². The highest BCUT2D eigenvalue weighted by Crippen LogP contribution is 2.21. The summed E-state index contributed by atoms with van der Waals surface area (Å²) in [5.41, 5.74) is 0.805. The summed E-state index contributed by atoms with van der Waals surface area (Å²) in [6.45, 7) is 0.00948. The molecule has 116 valence electrons. The van der Waals surface area contributed by atoms with Crippen LogP contribution in [-0.4, -0.2) is 28.2 Å². The first-order valence-electron chi connectivity index (χ1n) is 7.42. The second kappa shape index (κ2) is 6.70. The number of rotatable bonds is 5. The molecule has 1 heterocycles. The third-order valence-electron chi connectivity index (χ3n) is 3.77. The van der Waals surface area contributed by atoms with E-state index in [1.807, 2.05) is 0 Å². The Balaban J connectivity index is 1.58. The lowest BCUT2D eigenvalue weighted by Gasteiger charge is -2.12. The summed E-state index contributed by atoms with van der Waals surface area (Å²) in [7, 11) is 0. The Hall–Kier alpha value is -2.21. The van der Waals surface area contributed by atoms with E-state index >= 15 is 0 Å². The van der Waals surface area contributed by atoms with Crippen molar-refractivity contribution in [3.63, 3.8) is 0 Å². The standard InChI is InChI=1S/C16H18FN3O2/c17-14-9-12(5-6-15(14)20-8-7-18-11-20)19-16(21)10-22-13-3-1-2-4-13/h5-9,11,13H,1-4,10H2,(H,19,21). The molecule has 22 heavy (non-hydrogen) atoms. The average Bonchev–Trinajstić information content (AvgIpc) is 3.19. The molecule has 6 heteroatoms. The van der Waals surface area contributed by atoms with Crippen LogP contribution in [0.25, 0.3) is 5.69 Å². The Labute approximate surface area is 128 Å². The van der Waals surface area contributed by atoms with E-state index in [1.165, 1.54) is 12.4 Å². The number of carbonyl (C=O) groups excluding carboxylic acids is 1. The Morgan fingerprint density at radius 3 is 2.91 bits per heavy atom. The Morgan fingerprint density at radius 2 is 2.23 bits per heavy atom. The molecule has 1 fully saturated rings. The van der Waals surface area contributed by atoms with Gasteiger partial charge in [-0.25, -0.2) is 9.37 Å². The van der Waals surface area contributed by atoms with Crippen LogP contribution in [0.5, 0.6) is 0 Å². The van der Waals surface area contributed by atoms with Crippen LogP contribution < -0.4 is 5.32 Å². The Bertz CT molecular complexity index is 637. The van der Waals surface area contributed by atoms with Crippen molar-refractivity contribution in [3.05, 3.63) is 42.7 Å². The summed E-state index contributed by atoms with van der Waals surface area (Å²) >= 11 is 0. The summed E-state index contributed by atoms with van der Waals surface area (Å²) in [5, 5.41) is 2.65. The average molecular weight is 303 g/mol. The minimum Gasteiger partial charge on any atom is -0.368 e. The van der Waals surface area contributed by atoms with Crippen LogP contribution in [0.3, 0.4) is 0 Å². The van der Waals surface area contributed by atoms with Crippen LogP contribution >= 0.6 is 0 Å². The van der Waals surface area contributed by atoms with Crippen LogP contribution in [0.15, 0.2) is 36.9 Å². The molecular weight excluding hydrogens is 285 g/mol. The first-order chi connectivity index (χ1) is 10.7. The van der Waals surface area contributed by atoms with Gasteiger partial charge in [0, 0.05) is 18.1 Å². The fourth-order valence-electron chi connectivity index (χ4n) is 2.64. The number of ether oxygens (including phenoxy) is 1.